The summed E-state index contributed by atoms with van der Waals surface area (Å²) in [5.74, 6) is -0.105. The van der Waals surface area contributed by atoms with Crippen molar-refractivity contribution in [3.05, 3.63) is 22.8 Å². The first-order valence-electron chi connectivity index (χ1n) is 4.42. The number of carbonyl (C=O) groups excluding carboxylic acids is 1. The van der Waals surface area contributed by atoms with Gasteiger partial charge in [-0.2, -0.15) is 0 Å². The molecule has 6 nitrogen and oxygen atoms in total. The fourth-order valence-corrected chi connectivity index (χ4v) is 1.31. The van der Waals surface area contributed by atoms with Gasteiger partial charge >= 0.3 is 6.09 Å². The molecule has 0 aromatic carbocycles. The van der Waals surface area contributed by atoms with Gasteiger partial charge in [0.1, 0.15) is 16.5 Å². The average Bonchev–Trinajstić information content (AvgIpc) is 2.16. The number of hydrogen-bond acceptors (Lipinski definition) is 3. The van der Waals surface area contributed by atoms with Gasteiger partial charge in [0.15, 0.2) is 0 Å². The Kier molecular flexibility index (Phi) is 4.24. The molecule has 3 N–H and O–H groups in total. The number of nitrogens with one attached hydrogen (secondary N) is 2. The molecule has 0 radical (unpaired) electrons. The van der Waals surface area contributed by atoms with E-state index in [4.69, 9.17) is 5.11 Å². The highest BCUT2D eigenvalue weighted by atomic mass is 79.9. The Morgan fingerprint density at radius 3 is 2.75 bits per heavy atom. The number of rotatable bonds is 3. The second-order valence-corrected chi connectivity index (χ2v) is 3.82. The molecular formula is C9H10BrN3O3. The standard InChI is InChI=1S/C9H10BrN3O3/c1-5(11-9(15)16)8(14)13-7-4-2-3-6(10)12-7/h2-5,11H,1H3,(H,15,16)(H,12,13,14). The largest absolute Gasteiger partial charge is 0.465 e. The first-order valence-corrected chi connectivity index (χ1v) is 5.21. The number of anilines is 1. The van der Waals surface area contributed by atoms with Gasteiger partial charge in [0.25, 0.3) is 0 Å². The molecule has 0 aliphatic rings. The quantitative estimate of drug-likeness (QED) is 0.734. The molecule has 1 unspecified atom stereocenters. The van der Waals surface area contributed by atoms with Crippen LogP contribution >= 0.6 is 15.9 Å². The number of aromatic nitrogens is 1. The summed E-state index contributed by atoms with van der Waals surface area (Å²) >= 11 is 3.16. The molecule has 1 aromatic rings. The Bertz CT molecular complexity index is 411. The minimum absolute atomic E-state index is 0.360. The number of carbonyl (C=O) groups is 2. The van der Waals surface area contributed by atoms with Crippen molar-refractivity contribution in [1.82, 2.24) is 10.3 Å². The smallest absolute Gasteiger partial charge is 0.405 e. The second-order valence-electron chi connectivity index (χ2n) is 3.01. The summed E-state index contributed by atoms with van der Waals surface area (Å²) in [5.41, 5.74) is 0. The molecule has 1 rings (SSSR count). The highest BCUT2D eigenvalue weighted by Crippen LogP contribution is 2.10. The molecule has 16 heavy (non-hydrogen) atoms. The molecule has 0 spiro atoms. The Morgan fingerprint density at radius 1 is 1.50 bits per heavy atom. The van der Waals surface area contributed by atoms with Crippen LogP contribution in [0.3, 0.4) is 0 Å². The van der Waals surface area contributed by atoms with Crippen molar-refractivity contribution >= 4 is 33.7 Å². The molecule has 1 atom stereocenters. The zero-order valence-electron chi connectivity index (χ0n) is 8.40. The van der Waals surface area contributed by atoms with Crippen LogP contribution in [0.4, 0.5) is 10.6 Å². The van der Waals surface area contributed by atoms with Crippen LogP contribution in [0, 0.1) is 0 Å². The third kappa shape index (κ3) is 3.85. The highest BCUT2D eigenvalue weighted by Gasteiger charge is 2.15. The first-order chi connectivity index (χ1) is 7.49. The maximum absolute atomic E-state index is 11.5. The van der Waals surface area contributed by atoms with Crippen molar-refractivity contribution in [3.63, 3.8) is 0 Å². The van der Waals surface area contributed by atoms with Crippen LogP contribution in [0.2, 0.25) is 0 Å². The first kappa shape index (κ1) is 12.4. The molecule has 0 aliphatic heterocycles. The van der Waals surface area contributed by atoms with Crippen LogP contribution in [0.15, 0.2) is 22.8 Å². The Balaban J connectivity index is 2.60. The van der Waals surface area contributed by atoms with E-state index in [1.54, 1.807) is 18.2 Å². The van der Waals surface area contributed by atoms with Gasteiger partial charge in [0.2, 0.25) is 5.91 Å². The summed E-state index contributed by atoms with van der Waals surface area (Å²) in [4.78, 5) is 25.8. The Morgan fingerprint density at radius 2 is 2.19 bits per heavy atom. The van der Waals surface area contributed by atoms with Crippen molar-refractivity contribution in [2.24, 2.45) is 0 Å². The lowest BCUT2D eigenvalue weighted by Gasteiger charge is -2.11. The average molecular weight is 288 g/mol. The minimum atomic E-state index is -1.25. The summed E-state index contributed by atoms with van der Waals surface area (Å²) in [6, 6.07) is 4.20. The fourth-order valence-electron chi connectivity index (χ4n) is 0.963. The normalized spacial score (nSPS) is 11.6. The Labute approximate surface area is 100 Å². The van der Waals surface area contributed by atoms with Crippen LogP contribution in [0.5, 0.6) is 0 Å². The summed E-state index contributed by atoms with van der Waals surface area (Å²) in [7, 11) is 0. The van der Waals surface area contributed by atoms with Crippen LogP contribution < -0.4 is 10.6 Å². The van der Waals surface area contributed by atoms with Crippen LogP contribution in [-0.2, 0) is 4.79 Å². The summed E-state index contributed by atoms with van der Waals surface area (Å²) in [5, 5.41) is 13.0. The minimum Gasteiger partial charge on any atom is -0.465 e. The number of nitrogens with zero attached hydrogens (tertiary/aromatic N) is 1. The van der Waals surface area contributed by atoms with Gasteiger partial charge in [-0.15, -0.1) is 0 Å². The van der Waals surface area contributed by atoms with E-state index in [2.05, 4.69) is 26.2 Å². The van der Waals surface area contributed by atoms with Gasteiger partial charge in [0, 0.05) is 0 Å². The van der Waals surface area contributed by atoms with E-state index in [0.29, 0.717) is 10.4 Å². The molecule has 1 heterocycles. The number of amides is 2. The molecule has 0 bridgehead atoms. The predicted molar refractivity (Wildman–Crippen MR) is 61.2 cm³/mol. The van der Waals surface area contributed by atoms with Gasteiger partial charge in [-0.05, 0) is 35.0 Å². The molecular weight excluding hydrogens is 278 g/mol. The van der Waals surface area contributed by atoms with Crippen LogP contribution in [0.1, 0.15) is 6.92 Å². The molecule has 0 fully saturated rings. The van der Waals surface area contributed by atoms with Crippen molar-refractivity contribution in [2.45, 2.75) is 13.0 Å². The Hall–Kier alpha value is -1.63. The number of carboxylic acid groups (broad SMARTS) is 1. The maximum Gasteiger partial charge on any atom is 0.405 e. The molecule has 0 aliphatic carbocycles. The van der Waals surface area contributed by atoms with E-state index in [0.717, 1.165) is 0 Å². The van der Waals surface area contributed by atoms with E-state index < -0.39 is 18.0 Å². The number of halogens is 1. The SMILES string of the molecule is CC(NC(=O)O)C(=O)Nc1cccc(Br)n1. The summed E-state index contributed by atoms with van der Waals surface area (Å²) in [6.45, 7) is 1.45. The predicted octanol–water partition coefficient (Wildman–Crippen LogP) is 1.44. The second kappa shape index (κ2) is 5.45. The van der Waals surface area contributed by atoms with E-state index in [9.17, 15) is 9.59 Å². The van der Waals surface area contributed by atoms with Crippen molar-refractivity contribution < 1.29 is 14.7 Å². The lowest BCUT2D eigenvalue weighted by Crippen LogP contribution is -2.40. The number of pyridine rings is 1. The van der Waals surface area contributed by atoms with E-state index in [1.807, 2.05) is 5.32 Å². The van der Waals surface area contributed by atoms with E-state index >= 15 is 0 Å². The lowest BCUT2D eigenvalue weighted by molar-refractivity contribution is -0.117. The van der Waals surface area contributed by atoms with Gasteiger partial charge in [-0.25, -0.2) is 9.78 Å². The van der Waals surface area contributed by atoms with Crippen molar-refractivity contribution in [1.29, 1.82) is 0 Å². The monoisotopic (exact) mass is 287 g/mol. The topological polar surface area (TPSA) is 91.3 Å². The third-order valence-electron chi connectivity index (χ3n) is 1.70. The fraction of sp³-hybridized carbons (Fsp3) is 0.222. The van der Waals surface area contributed by atoms with Gasteiger partial charge in [-0.3, -0.25) is 4.79 Å². The van der Waals surface area contributed by atoms with E-state index in [-0.39, 0.29) is 0 Å². The van der Waals surface area contributed by atoms with Crippen molar-refractivity contribution in [3.8, 4) is 0 Å². The summed E-state index contributed by atoms with van der Waals surface area (Å²) in [6.07, 6.45) is -1.25. The van der Waals surface area contributed by atoms with Crippen LogP contribution in [-0.4, -0.2) is 28.1 Å². The van der Waals surface area contributed by atoms with Gasteiger partial charge in [-0.1, -0.05) is 6.07 Å². The van der Waals surface area contributed by atoms with Gasteiger partial charge in [0.05, 0.1) is 0 Å². The zero-order valence-corrected chi connectivity index (χ0v) is 9.98. The van der Waals surface area contributed by atoms with Crippen LogP contribution in [0.25, 0.3) is 0 Å². The van der Waals surface area contributed by atoms with Gasteiger partial charge < -0.3 is 15.7 Å². The summed E-state index contributed by atoms with van der Waals surface area (Å²) < 4.78 is 0.587. The highest BCUT2D eigenvalue weighted by molar-refractivity contribution is 9.10. The molecule has 2 amide bonds. The lowest BCUT2D eigenvalue weighted by atomic mass is 10.3. The molecule has 86 valence electrons. The molecule has 0 saturated heterocycles. The third-order valence-corrected chi connectivity index (χ3v) is 2.14. The molecule has 1 aromatic heterocycles. The molecule has 0 saturated carbocycles. The van der Waals surface area contributed by atoms with Crippen molar-refractivity contribution in [2.75, 3.05) is 5.32 Å². The number of hydrogen-bond donors (Lipinski definition) is 3. The molecule has 7 heteroatoms. The zero-order chi connectivity index (χ0) is 12.1. The van der Waals surface area contributed by atoms with E-state index in [1.165, 1.54) is 6.92 Å². The maximum atomic E-state index is 11.5.